The molecule has 2 aromatic carbocycles. The first-order chi connectivity index (χ1) is 27.9. The number of nitrogens with one attached hydrogen (secondary N) is 5. The standard InChI is InChI=1S/C41H62N14O2/c42-40(43)51-36(39(57)48-27-30-11-3-1-4-12-30)17-18-37(56)55-25-19-32(20-26-55)50-38-34-15-7-8-16-35(34)52-41(53-38)49-29-33(54-44)28-46-23-9-21-45-22-10-24-47-31-13-5-2-6-14-31/h1,3-4,7-8,11-12,15-16,28,31-32,36,45,47H,2,5-6,9-10,13-14,17-27,29,44H2,(H,48,57)(H4,42,43,51)(H2,49,50,52,53). The number of likely N-dealkylation sites (tertiary alicyclic amines) is 1. The van der Waals surface area contributed by atoms with E-state index < -0.39 is 6.04 Å². The van der Waals surface area contributed by atoms with Crippen LogP contribution < -0.4 is 43.9 Å². The number of piperidine rings is 1. The Balaban J connectivity index is 1.03. The second-order valence-corrected chi connectivity index (χ2v) is 14.8. The van der Waals surface area contributed by atoms with E-state index in [2.05, 4.69) is 41.7 Å². The molecule has 0 bridgehead atoms. The molecule has 57 heavy (non-hydrogen) atoms. The smallest absolute Gasteiger partial charge is 0.245 e. The summed E-state index contributed by atoms with van der Waals surface area (Å²) in [5.41, 5.74) is 13.6. The molecule has 1 saturated heterocycles. The number of fused-ring (bicyclic) bond motifs is 1. The van der Waals surface area contributed by atoms with Crippen LogP contribution in [0.25, 0.3) is 10.9 Å². The number of benzene rings is 2. The van der Waals surface area contributed by atoms with E-state index in [-0.39, 0.29) is 36.7 Å². The lowest BCUT2D eigenvalue weighted by Crippen LogP contribution is -2.43. The topological polar surface area (TPSA) is 238 Å². The summed E-state index contributed by atoms with van der Waals surface area (Å²) in [5.74, 6) is 6.31. The number of anilines is 2. The average Bonchev–Trinajstić information content (AvgIpc) is 3.24. The first-order valence-electron chi connectivity index (χ1n) is 20.5. The SMILES string of the molecule is NN=C(C=NCCCNCCCNC1CCCCC1)CNc1nc(NC2CCN(C(=O)CCC(N=C(N)N)C(=O)NCc3ccccc3)CC2)c2ccccc2n1. The molecule has 308 valence electrons. The average molecular weight is 783 g/mol. The molecule has 0 radical (unpaired) electrons. The first-order valence-corrected chi connectivity index (χ1v) is 20.5. The fourth-order valence-corrected chi connectivity index (χ4v) is 7.20. The van der Waals surface area contributed by atoms with E-state index in [1.54, 1.807) is 6.21 Å². The fraction of sp³-hybridized carbons (Fsp3) is 0.537. The Bertz CT molecular complexity index is 1770. The Morgan fingerprint density at radius 2 is 1.65 bits per heavy atom. The van der Waals surface area contributed by atoms with Crippen molar-refractivity contribution in [3.05, 3.63) is 60.2 Å². The van der Waals surface area contributed by atoms with Gasteiger partial charge >= 0.3 is 0 Å². The van der Waals surface area contributed by atoms with Crippen LogP contribution in [-0.2, 0) is 16.1 Å². The van der Waals surface area contributed by atoms with Crippen LogP contribution in [0.1, 0.15) is 76.2 Å². The molecule has 11 N–H and O–H groups in total. The minimum atomic E-state index is -0.851. The van der Waals surface area contributed by atoms with Gasteiger partial charge < -0.3 is 48.8 Å². The number of hydrogen-bond donors (Lipinski definition) is 8. The monoisotopic (exact) mass is 783 g/mol. The van der Waals surface area contributed by atoms with Gasteiger partial charge in [0.05, 0.1) is 17.8 Å². The molecule has 3 aromatic rings. The van der Waals surface area contributed by atoms with Gasteiger partial charge in [0.1, 0.15) is 11.9 Å². The first kappa shape index (κ1) is 42.8. The van der Waals surface area contributed by atoms with Crippen molar-refractivity contribution in [1.29, 1.82) is 0 Å². The molecule has 16 nitrogen and oxygen atoms in total. The minimum Gasteiger partial charge on any atom is -0.370 e. The number of nitrogens with two attached hydrogens (primary N) is 3. The van der Waals surface area contributed by atoms with Gasteiger partial charge in [-0.05, 0) is 82.3 Å². The normalized spacial score (nSPS) is 16.1. The van der Waals surface area contributed by atoms with Crippen LogP contribution in [0.15, 0.2) is 69.7 Å². The summed E-state index contributed by atoms with van der Waals surface area (Å²) >= 11 is 0. The van der Waals surface area contributed by atoms with Crippen molar-refractivity contribution in [2.24, 2.45) is 32.4 Å². The fourth-order valence-electron chi connectivity index (χ4n) is 7.20. The highest BCUT2D eigenvalue weighted by Gasteiger charge is 2.26. The summed E-state index contributed by atoms with van der Waals surface area (Å²) in [7, 11) is 0. The van der Waals surface area contributed by atoms with E-state index in [1.807, 2.05) is 59.5 Å². The van der Waals surface area contributed by atoms with Gasteiger partial charge in [-0.2, -0.15) is 10.1 Å². The van der Waals surface area contributed by atoms with Crippen LogP contribution in [0.5, 0.6) is 0 Å². The molecule has 0 spiro atoms. The Labute approximate surface area is 336 Å². The van der Waals surface area contributed by atoms with Crippen LogP contribution >= 0.6 is 0 Å². The van der Waals surface area contributed by atoms with Crippen LogP contribution in [0, 0.1) is 0 Å². The van der Waals surface area contributed by atoms with Crippen LogP contribution in [0.2, 0.25) is 0 Å². The molecule has 2 aliphatic rings. The molecular weight excluding hydrogens is 721 g/mol. The maximum atomic E-state index is 13.2. The second kappa shape index (κ2) is 23.7. The van der Waals surface area contributed by atoms with Gasteiger partial charge in [0, 0.05) is 56.3 Å². The van der Waals surface area contributed by atoms with Gasteiger partial charge in [-0.25, -0.2) is 9.98 Å². The summed E-state index contributed by atoms with van der Waals surface area (Å²) in [6, 6.07) is 17.4. The quantitative estimate of drug-likeness (QED) is 0.0243. The number of amides is 2. The Morgan fingerprint density at radius 3 is 2.42 bits per heavy atom. The van der Waals surface area contributed by atoms with Crippen LogP contribution in [0.3, 0.4) is 0 Å². The van der Waals surface area contributed by atoms with E-state index in [1.165, 1.54) is 32.1 Å². The van der Waals surface area contributed by atoms with Crippen molar-refractivity contribution >= 4 is 52.4 Å². The van der Waals surface area contributed by atoms with Gasteiger partial charge in [-0.1, -0.05) is 61.7 Å². The number of nitrogens with zero attached hydrogens (tertiary/aromatic N) is 6. The highest BCUT2D eigenvalue weighted by molar-refractivity contribution is 6.32. The zero-order valence-corrected chi connectivity index (χ0v) is 33.2. The number of carbonyl (C=O) groups is 2. The summed E-state index contributed by atoms with van der Waals surface area (Å²) in [5, 5.41) is 21.8. The number of rotatable bonds is 22. The van der Waals surface area contributed by atoms with E-state index in [9.17, 15) is 9.59 Å². The van der Waals surface area contributed by atoms with Crippen molar-refractivity contribution in [2.45, 2.75) is 95.3 Å². The summed E-state index contributed by atoms with van der Waals surface area (Å²) < 4.78 is 0. The van der Waals surface area contributed by atoms with Gasteiger partial charge in [-0.15, -0.1) is 0 Å². The second-order valence-electron chi connectivity index (χ2n) is 14.8. The number of guanidine groups is 1. The highest BCUT2D eigenvalue weighted by Crippen LogP contribution is 2.25. The van der Waals surface area contributed by atoms with Crippen molar-refractivity contribution in [3.63, 3.8) is 0 Å². The summed E-state index contributed by atoms with van der Waals surface area (Å²) in [4.78, 5) is 46.1. The molecule has 2 heterocycles. The van der Waals surface area contributed by atoms with Gasteiger partial charge in [-0.3, -0.25) is 14.6 Å². The minimum absolute atomic E-state index is 0.0374. The van der Waals surface area contributed by atoms with Gasteiger partial charge in [0.2, 0.25) is 17.8 Å². The molecule has 5 rings (SSSR count). The number of aliphatic imine (C=N–C) groups is 2. The lowest BCUT2D eigenvalue weighted by molar-refractivity contribution is -0.132. The zero-order chi connectivity index (χ0) is 40.1. The number of hydrogen-bond acceptors (Lipinski definition) is 12. The largest absolute Gasteiger partial charge is 0.370 e. The van der Waals surface area contributed by atoms with E-state index in [0.717, 1.165) is 61.8 Å². The summed E-state index contributed by atoms with van der Waals surface area (Å²) in [6.07, 6.45) is 12.3. The van der Waals surface area contributed by atoms with Crippen molar-refractivity contribution in [2.75, 3.05) is 56.4 Å². The molecule has 1 unspecified atom stereocenters. The molecule has 1 aromatic heterocycles. The Kier molecular flexibility index (Phi) is 17.8. The maximum Gasteiger partial charge on any atom is 0.245 e. The van der Waals surface area contributed by atoms with Crippen molar-refractivity contribution in [1.82, 2.24) is 30.8 Å². The molecule has 2 amide bonds. The molecular formula is C41H62N14O2. The molecule has 1 saturated carbocycles. The predicted molar refractivity (Wildman–Crippen MR) is 230 cm³/mol. The molecule has 16 heteroatoms. The van der Waals surface area contributed by atoms with Crippen molar-refractivity contribution in [3.8, 4) is 0 Å². The van der Waals surface area contributed by atoms with Gasteiger partial charge in [0.25, 0.3) is 0 Å². The van der Waals surface area contributed by atoms with Crippen LogP contribution in [-0.4, -0.2) is 109 Å². The molecule has 1 atom stereocenters. The molecule has 2 fully saturated rings. The number of para-hydroxylation sites is 1. The Hall–Kier alpha value is -5.35. The third-order valence-corrected chi connectivity index (χ3v) is 10.4. The van der Waals surface area contributed by atoms with E-state index in [0.29, 0.717) is 56.2 Å². The van der Waals surface area contributed by atoms with Crippen molar-refractivity contribution < 1.29 is 9.59 Å². The van der Waals surface area contributed by atoms with E-state index in [4.69, 9.17) is 27.3 Å². The van der Waals surface area contributed by atoms with E-state index >= 15 is 0 Å². The summed E-state index contributed by atoms with van der Waals surface area (Å²) in [6.45, 7) is 5.49. The van der Waals surface area contributed by atoms with Gasteiger partial charge in [0.15, 0.2) is 5.96 Å². The lowest BCUT2D eigenvalue weighted by Gasteiger charge is -2.33. The molecule has 1 aliphatic heterocycles. The predicted octanol–water partition coefficient (Wildman–Crippen LogP) is 2.86. The third kappa shape index (κ3) is 14.9. The Morgan fingerprint density at radius 1 is 0.895 bits per heavy atom. The number of hydrazone groups is 1. The number of aromatic nitrogens is 2. The third-order valence-electron chi connectivity index (χ3n) is 10.4. The zero-order valence-electron chi connectivity index (χ0n) is 33.2. The number of carbonyl (C=O) groups excluding carboxylic acids is 2. The molecule has 1 aliphatic carbocycles. The van der Waals surface area contributed by atoms with Crippen LogP contribution in [0.4, 0.5) is 11.8 Å². The lowest BCUT2D eigenvalue weighted by atomic mass is 9.95. The maximum absolute atomic E-state index is 13.2. The highest BCUT2D eigenvalue weighted by atomic mass is 16.2.